The minimum atomic E-state index is -1.82. The summed E-state index contributed by atoms with van der Waals surface area (Å²) in [4.78, 5) is 12.0. The van der Waals surface area contributed by atoms with Crippen LogP contribution in [0.4, 0.5) is 4.39 Å². The molecule has 5 nitrogen and oxygen atoms in total. The lowest BCUT2D eigenvalue weighted by Gasteiger charge is -2.29. The predicted molar refractivity (Wildman–Crippen MR) is 93.6 cm³/mol. The number of carbonyl (C=O) groups is 1. The van der Waals surface area contributed by atoms with Gasteiger partial charge in [0.15, 0.2) is 0 Å². The maximum atomic E-state index is 14.2. The van der Waals surface area contributed by atoms with Crippen molar-refractivity contribution in [3.63, 3.8) is 0 Å². The Morgan fingerprint density at radius 3 is 2.69 bits per heavy atom. The summed E-state index contributed by atoms with van der Waals surface area (Å²) in [6.07, 6.45) is 1.48. The van der Waals surface area contributed by atoms with E-state index in [1.807, 2.05) is 0 Å². The van der Waals surface area contributed by atoms with Crippen LogP contribution >= 0.6 is 0 Å². The largest absolute Gasteiger partial charge is 0.489 e. The number of halogens is 1. The van der Waals surface area contributed by atoms with Crippen LogP contribution in [-0.4, -0.2) is 17.7 Å². The zero-order valence-corrected chi connectivity index (χ0v) is 14.5. The third-order valence-corrected chi connectivity index (χ3v) is 3.89. The first-order chi connectivity index (χ1) is 12.3. The normalized spacial score (nSPS) is 12.5. The van der Waals surface area contributed by atoms with Crippen LogP contribution in [0.15, 0.2) is 49.1 Å². The van der Waals surface area contributed by atoms with Gasteiger partial charge in [-0.3, -0.25) is 0 Å². The lowest BCUT2D eigenvalue weighted by atomic mass is 9.91. The summed E-state index contributed by atoms with van der Waals surface area (Å²) < 4.78 is 25.2. The molecule has 1 N–H and O–H groups in total. The highest BCUT2D eigenvalue weighted by molar-refractivity contribution is 5.80. The summed E-state index contributed by atoms with van der Waals surface area (Å²) in [7, 11) is 0. The lowest BCUT2D eigenvalue weighted by Crippen LogP contribution is -2.39. The number of ether oxygens (including phenoxy) is 2. The van der Waals surface area contributed by atoms with Crippen molar-refractivity contribution in [2.24, 2.45) is 0 Å². The molecule has 0 spiro atoms. The van der Waals surface area contributed by atoms with Gasteiger partial charge < -0.3 is 14.6 Å². The van der Waals surface area contributed by atoms with Crippen LogP contribution in [0.25, 0.3) is 0 Å². The number of nitrogens with zero attached hydrogens (tertiary/aromatic N) is 1. The second-order valence-electron chi connectivity index (χ2n) is 5.75. The third-order valence-electron chi connectivity index (χ3n) is 3.89. The van der Waals surface area contributed by atoms with Crippen molar-refractivity contribution in [2.45, 2.75) is 19.4 Å². The SMILES string of the molecule is C=CCOc1cc(F)c(C#N)c(OC(C)(C(=O)O)c2ccccc2C)c1. The van der Waals surface area contributed by atoms with Crippen molar-refractivity contribution in [1.29, 1.82) is 5.26 Å². The quantitative estimate of drug-likeness (QED) is 0.761. The minimum absolute atomic E-state index is 0.105. The Bertz CT molecular complexity index is 888. The molecule has 0 fully saturated rings. The molecule has 0 aliphatic carbocycles. The monoisotopic (exact) mass is 355 g/mol. The Morgan fingerprint density at radius 2 is 2.12 bits per heavy atom. The van der Waals surface area contributed by atoms with Crippen LogP contribution in [0.3, 0.4) is 0 Å². The van der Waals surface area contributed by atoms with Crippen molar-refractivity contribution in [2.75, 3.05) is 6.61 Å². The number of aliphatic carboxylic acids is 1. The van der Waals surface area contributed by atoms with Gasteiger partial charge in [0.25, 0.3) is 0 Å². The fourth-order valence-corrected chi connectivity index (χ4v) is 2.53. The van der Waals surface area contributed by atoms with Crippen molar-refractivity contribution in [1.82, 2.24) is 0 Å². The number of rotatable bonds is 7. The number of nitriles is 1. The van der Waals surface area contributed by atoms with Gasteiger partial charge in [0.2, 0.25) is 5.60 Å². The molecule has 6 heteroatoms. The number of carboxylic acids is 1. The summed E-state index contributed by atoms with van der Waals surface area (Å²) in [6, 6.07) is 10.9. The van der Waals surface area contributed by atoms with Crippen LogP contribution in [0.1, 0.15) is 23.6 Å². The van der Waals surface area contributed by atoms with Gasteiger partial charge in [-0.25, -0.2) is 9.18 Å². The molecule has 0 heterocycles. The second kappa shape index (κ2) is 7.70. The van der Waals surface area contributed by atoms with Crippen LogP contribution in [-0.2, 0) is 10.4 Å². The van der Waals surface area contributed by atoms with Gasteiger partial charge in [-0.15, -0.1) is 0 Å². The Hall–Kier alpha value is -3.33. The molecule has 1 unspecified atom stereocenters. The number of hydrogen-bond donors (Lipinski definition) is 1. The lowest BCUT2D eigenvalue weighted by molar-refractivity contribution is -0.154. The Morgan fingerprint density at radius 1 is 1.42 bits per heavy atom. The highest BCUT2D eigenvalue weighted by Gasteiger charge is 2.40. The van der Waals surface area contributed by atoms with Gasteiger partial charge in [0, 0.05) is 17.7 Å². The van der Waals surface area contributed by atoms with Gasteiger partial charge >= 0.3 is 5.97 Å². The highest BCUT2D eigenvalue weighted by Crippen LogP contribution is 2.35. The molecule has 26 heavy (non-hydrogen) atoms. The van der Waals surface area contributed by atoms with E-state index < -0.39 is 23.0 Å². The van der Waals surface area contributed by atoms with Crippen LogP contribution in [0.2, 0.25) is 0 Å². The summed E-state index contributed by atoms with van der Waals surface area (Å²) in [5, 5.41) is 19.0. The van der Waals surface area contributed by atoms with E-state index in [2.05, 4.69) is 6.58 Å². The average Bonchev–Trinajstić information content (AvgIpc) is 2.60. The Balaban J connectivity index is 2.57. The topological polar surface area (TPSA) is 79.5 Å². The highest BCUT2D eigenvalue weighted by atomic mass is 19.1. The maximum absolute atomic E-state index is 14.2. The molecule has 2 aromatic carbocycles. The standard InChI is InChI=1S/C20H18FNO4/c1-4-9-25-14-10-17(21)15(12-22)18(11-14)26-20(3,19(23)24)16-8-6-5-7-13(16)2/h4-8,10-11H,1,9H2,2-3H3,(H,23,24). The zero-order chi connectivity index (χ0) is 19.3. The number of aryl methyl sites for hydroxylation is 1. The fraction of sp³-hybridized carbons (Fsp3) is 0.200. The molecule has 0 aromatic heterocycles. The van der Waals surface area contributed by atoms with Gasteiger partial charge in [-0.05, 0) is 19.4 Å². The number of carboxylic acid groups (broad SMARTS) is 1. The van der Waals surface area contributed by atoms with Crippen molar-refractivity contribution in [3.8, 4) is 17.6 Å². The maximum Gasteiger partial charge on any atom is 0.352 e. The van der Waals surface area contributed by atoms with E-state index in [1.54, 1.807) is 37.3 Å². The molecule has 0 saturated heterocycles. The molecule has 0 aliphatic rings. The van der Waals surface area contributed by atoms with E-state index in [-0.39, 0.29) is 18.1 Å². The van der Waals surface area contributed by atoms with E-state index in [1.165, 1.54) is 19.1 Å². The van der Waals surface area contributed by atoms with Crippen molar-refractivity contribution >= 4 is 5.97 Å². The molecule has 0 saturated carbocycles. The fourth-order valence-electron chi connectivity index (χ4n) is 2.53. The van der Waals surface area contributed by atoms with E-state index in [4.69, 9.17) is 9.47 Å². The zero-order valence-electron chi connectivity index (χ0n) is 14.5. The molecule has 1 atom stereocenters. The molecular weight excluding hydrogens is 337 g/mol. The summed E-state index contributed by atoms with van der Waals surface area (Å²) >= 11 is 0. The average molecular weight is 355 g/mol. The van der Waals surface area contributed by atoms with Gasteiger partial charge in [-0.2, -0.15) is 5.26 Å². The van der Waals surface area contributed by atoms with Crippen molar-refractivity contribution < 1.29 is 23.8 Å². The first-order valence-corrected chi connectivity index (χ1v) is 7.79. The van der Waals surface area contributed by atoms with Gasteiger partial charge in [-0.1, -0.05) is 36.9 Å². The first kappa shape index (κ1) is 19.0. The molecule has 2 aromatic rings. The summed E-state index contributed by atoms with van der Waals surface area (Å²) in [5.74, 6) is -2.23. The van der Waals surface area contributed by atoms with Crippen molar-refractivity contribution in [3.05, 3.63) is 71.6 Å². The summed E-state index contributed by atoms with van der Waals surface area (Å²) in [6.45, 7) is 6.73. The number of benzene rings is 2. The predicted octanol–water partition coefficient (Wildman–Crippen LogP) is 3.95. The van der Waals surface area contributed by atoms with E-state index >= 15 is 0 Å². The first-order valence-electron chi connectivity index (χ1n) is 7.79. The molecular formula is C20H18FNO4. The number of hydrogen-bond acceptors (Lipinski definition) is 4. The van der Waals surface area contributed by atoms with E-state index in [0.717, 1.165) is 6.07 Å². The molecule has 0 radical (unpaired) electrons. The molecule has 0 bridgehead atoms. The van der Waals surface area contributed by atoms with E-state index in [0.29, 0.717) is 11.1 Å². The second-order valence-corrected chi connectivity index (χ2v) is 5.75. The van der Waals surface area contributed by atoms with Crippen LogP contribution < -0.4 is 9.47 Å². The summed E-state index contributed by atoms with van der Waals surface area (Å²) in [5.41, 5.74) is -1.12. The third kappa shape index (κ3) is 3.67. The van der Waals surface area contributed by atoms with Gasteiger partial charge in [0.1, 0.15) is 35.6 Å². The molecule has 0 aliphatic heterocycles. The minimum Gasteiger partial charge on any atom is -0.489 e. The molecule has 0 amide bonds. The van der Waals surface area contributed by atoms with Crippen LogP contribution in [0, 0.1) is 24.1 Å². The smallest absolute Gasteiger partial charge is 0.352 e. The molecule has 134 valence electrons. The van der Waals surface area contributed by atoms with Crippen LogP contribution in [0.5, 0.6) is 11.5 Å². The Labute approximate surface area is 150 Å². The van der Waals surface area contributed by atoms with E-state index in [9.17, 15) is 19.6 Å². The Kier molecular flexibility index (Phi) is 5.63. The molecule has 2 rings (SSSR count). The van der Waals surface area contributed by atoms with Gasteiger partial charge in [0.05, 0.1) is 0 Å².